The molecule has 256 valence electrons. The number of aromatic amines is 1. The number of H-pyrrole nitrogens is 1. The van der Waals surface area contributed by atoms with Crippen molar-refractivity contribution in [2.45, 2.75) is 50.2 Å². The molecule has 2 aliphatic carbocycles. The van der Waals surface area contributed by atoms with Crippen LogP contribution in [0, 0.1) is 0 Å². The molecule has 4 heterocycles. The summed E-state index contributed by atoms with van der Waals surface area (Å²) >= 11 is 17.9. The maximum Gasteiger partial charge on any atom is 0.329 e. The average Bonchev–Trinajstić information content (AvgIpc) is 4.10. The predicted octanol–water partition coefficient (Wildman–Crippen LogP) is 8.47. The molecule has 0 bridgehead atoms. The van der Waals surface area contributed by atoms with Crippen molar-refractivity contribution in [3.8, 4) is 0 Å². The minimum absolute atomic E-state index is 0.00317. The Kier molecular flexibility index (Phi) is 9.06. The van der Waals surface area contributed by atoms with Gasteiger partial charge < -0.3 is 4.98 Å². The van der Waals surface area contributed by atoms with Gasteiger partial charge in [0, 0.05) is 22.9 Å². The summed E-state index contributed by atoms with van der Waals surface area (Å²) in [6, 6.07) is 31.7. The van der Waals surface area contributed by atoms with E-state index in [0.29, 0.717) is 40.6 Å². The Hall–Kier alpha value is -5.03. The molecule has 0 aliphatic heterocycles. The van der Waals surface area contributed by atoms with E-state index in [4.69, 9.17) is 34.8 Å². The zero-order valence-corrected chi connectivity index (χ0v) is 29.5. The Bertz CT molecular complexity index is 2670. The number of alkyl halides is 1. The van der Waals surface area contributed by atoms with Gasteiger partial charge >= 0.3 is 11.4 Å². The molecule has 4 aromatic carbocycles. The highest BCUT2D eigenvalue weighted by atomic mass is 35.5. The fourth-order valence-electron chi connectivity index (χ4n) is 6.28. The second-order valence-corrected chi connectivity index (χ2v) is 13.5. The van der Waals surface area contributed by atoms with Gasteiger partial charge in [-0.15, -0.1) is 11.6 Å². The van der Waals surface area contributed by atoms with E-state index in [1.54, 1.807) is 4.57 Å². The molecule has 0 unspecified atom stereocenters. The molecule has 2 saturated carbocycles. The Morgan fingerprint density at radius 1 is 0.608 bits per heavy atom. The van der Waals surface area contributed by atoms with Gasteiger partial charge in [0.15, 0.2) is 5.82 Å². The van der Waals surface area contributed by atoms with Crippen LogP contribution in [0.15, 0.2) is 107 Å². The fraction of sp³-hybridized carbons (Fsp3) is 0.211. The molecule has 2 fully saturated rings. The first-order valence-electron chi connectivity index (χ1n) is 16.7. The smallest absolute Gasteiger partial charge is 0.306 e. The van der Waals surface area contributed by atoms with Gasteiger partial charge in [0.1, 0.15) is 16.1 Å². The number of fused-ring (bicyclic) bond motifs is 4. The van der Waals surface area contributed by atoms with Crippen LogP contribution in [0.5, 0.6) is 0 Å². The minimum atomic E-state index is -0.00317. The van der Waals surface area contributed by atoms with Gasteiger partial charge in [-0.25, -0.2) is 29.5 Å². The van der Waals surface area contributed by atoms with Crippen LogP contribution < -0.4 is 11.4 Å². The van der Waals surface area contributed by atoms with Gasteiger partial charge in [-0.1, -0.05) is 71.7 Å². The van der Waals surface area contributed by atoms with Crippen LogP contribution in [-0.4, -0.2) is 38.6 Å². The summed E-state index contributed by atoms with van der Waals surface area (Å²) < 4.78 is 5.52. The molecule has 4 aromatic heterocycles. The Morgan fingerprint density at radius 2 is 1.12 bits per heavy atom. The molecule has 0 atom stereocenters. The number of hydrogen-bond donors (Lipinski definition) is 1. The number of para-hydroxylation sites is 6. The van der Waals surface area contributed by atoms with Crippen LogP contribution >= 0.6 is 34.8 Å². The summed E-state index contributed by atoms with van der Waals surface area (Å²) in [7, 11) is 0. The summed E-state index contributed by atoms with van der Waals surface area (Å²) in [4.78, 5) is 44.6. The monoisotopic (exact) mass is 736 g/mol. The lowest BCUT2D eigenvalue weighted by molar-refractivity contribution is 0.659. The molecule has 0 saturated heterocycles. The summed E-state index contributed by atoms with van der Waals surface area (Å²) in [5.41, 5.74) is 5.51. The molecule has 10 rings (SSSR count). The lowest BCUT2D eigenvalue weighted by atomic mass is 10.2. The summed E-state index contributed by atoms with van der Waals surface area (Å²) in [5.74, 6) is 1.39. The third kappa shape index (κ3) is 6.74. The van der Waals surface area contributed by atoms with Crippen molar-refractivity contribution >= 4 is 78.7 Å². The van der Waals surface area contributed by atoms with Crippen LogP contribution in [0.1, 0.15) is 49.4 Å². The number of imidazole rings is 2. The van der Waals surface area contributed by atoms with Crippen LogP contribution in [-0.2, 0) is 12.4 Å². The third-order valence-electron chi connectivity index (χ3n) is 8.94. The number of benzene rings is 4. The van der Waals surface area contributed by atoms with Crippen molar-refractivity contribution in [1.29, 1.82) is 0 Å². The number of nitrogens with one attached hydrogen (secondary N) is 1. The molecule has 1 N–H and O–H groups in total. The van der Waals surface area contributed by atoms with E-state index < -0.39 is 0 Å². The maximum atomic E-state index is 13.0. The van der Waals surface area contributed by atoms with Crippen molar-refractivity contribution in [3.63, 3.8) is 0 Å². The largest absolute Gasteiger partial charge is 0.329 e. The quantitative estimate of drug-likeness (QED) is 0.140. The highest BCUT2D eigenvalue weighted by molar-refractivity contribution is 6.34. The van der Waals surface area contributed by atoms with E-state index in [-0.39, 0.29) is 17.3 Å². The zero-order chi connectivity index (χ0) is 35.1. The topological polar surface area (TPSA) is 116 Å². The van der Waals surface area contributed by atoms with Gasteiger partial charge in [0.25, 0.3) is 0 Å². The van der Waals surface area contributed by atoms with Crippen molar-refractivity contribution < 1.29 is 0 Å². The van der Waals surface area contributed by atoms with Crippen molar-refractivity contribution in [2.24, 2.45) is 0 Å². The van der Waals surface area contributed by atoms with Crippen LogP contribution in [0.25, 0.3) is 43.9 Å². The summed E-state index contributed by atoms with van der Waals surface area (Å²) in [6.45, 7) is 0.309. The Morgan fingerprint density at radius 3 is 1.75 bits per heavy atom. The normalized spacial score (nSPS) is 14.0. The summed E-state index contributed by atoms with van der Waals surface area (Å²) in [6.07, 6.45) is 4.40. The number of nitrogens with zero attached hydrogens (tertiary/aromatic N) is 7. The SMILES string of the molecule is ClCc1nc(Cl)c2ccccc2n1.O=c1[nH]c2ccccc2n1C1CC1.O=c1n(Cc2nc(Cl)c3ccccc3n2)c2ccccc2n1C1CC1. The first kappa shape index (κ1) is 33.1. The van der Waals surface area contributed by atoms with E-state index in [1.807, 2.05) is 106 Å². The first-order chi connectivity index (χ1) is 24.9. The lowest BCUT2D eigenvalue weighted by Gasteiger charge is -2.05. The molecule has 51 heavy (non-hydrogen) atoms. The summed E-state index contributed by atoms with van der Waals surface area (Å²) in [5, 5.41) is 2.56. The third-order valence-corrected chi connectivity index (χ3v) is 9.76. The van der Waals surface area contributed by atoms with Crippen LogP contribution in [0.3, 0.4) is 0 Å². The van der Waals surface area contributed by atoms with E-state index >= 15 is 0 Å². The molecule has 0 amide bonds. The highest BCUT2D eigenvalue weighted by Crippen LogP contribution is 2.36. The van der Waals surface area contributed by atoms with Gasteiger partial charge in [-0.3, -0.25) is 13.7 Å². The number of rotatable bonds is 5. The molecule has 0 spiro atoms. The maximum absolute atomic E-state index is 13.0. The fourth-order valence-corrected chi connectivity index (χ4v) is 6.91. The average molecular weight is 738 g/mol. The molecular weight excluding hydrogens is 707 g/mol. The number of hydrogen-bond acceptors (Lipinski definition) is 6. The Labute approximate surface area is 306 Å². The van der Waals surface area contributed by atoms with Gasteiger partial charge in [-0.05, 0) is 74.2 Å². The predicted molar refractivity (Wildman–Crippen MR) is 203 cm³/mol. The molecular formula is C38H31Cl3N8O2. The standard InChI is InChI=1S/C19H15ClN4O.C10H10N2O.C9H6Cl2N2/c20-18-13-5-1-2-6-14(13)21-17(22-18)11-23-15-7-3-4-8-16(15)24(19(23)25)12-9-10-12;13-10-11-8-3-1-2-4-9(8)12(10)7-5-6-7;10-5-8-12-7-4-2-1-3-6(7)9(11)13-8/h1-8,12H,9-11H2;1-4,7H,5-6H2,(H,11,13);1-4H,5H2. The van der Waals surface area contributed by atoms with E-state index in [2.05, 4.69) is 24.9 Å². The van der Waals surface area contributed by atoms with Crippen molar-refractivity contribution in [2.75, 3.05) is 0 Å². The number of aromatic nitrogens is 8. The van der Waals surface area contributed by atoms with Crippen molar-refractivity contribution in [3.05, 3.63) is 140 Å². The highest BCUT2D eigenvalue weighted by Gasteiger charge is 2.29. The molecule has 0 radical (unpaired) electrons. The van der Waals surface area contributed by atoms with Crippen LogP contribution in [0.2, 0.25) is 10.3 Å². The first-order valence-corrected chi connectivity index (χ1v) is 18.0. The minimum Gasteiger partial charge on any atom is -0.306 e. The molecule has 2 aliphatic rings. The van der Waals surface area contributed by atoms with Crippen molar-refractivity contribution in [1.82, 2.24) is 38.6 Å². The second kappa shape index (κ2) is 13.9. The number of halogens is 3. The second-order valence-electron chi connectivity index (χ2n) is 12.5. The molecule has 13 heteroatoms. The van der Waals surface area contributed by atoms with Gasteiger partial charge in [-0.2, -0.15) is 0 Å². The Balaban J connectivity index is 0.000000121. The van der Waals surface area contributed by atoms with Crippen LogP contribution in [0.4, 0.5) is 0 Å². The molecule has 10 nitrogen and oxygen atoms in total. The van der Waals surface area contributed by atoms with E-state index in [9.17, 15) is 9.59 Å². The van der Waals surface area contributed by atoms with Gasteiger partial charge in [0.05, 0.1) is 45.5 Å². The van der Waals surface area contributed by atoms with E-state index in [0.717, 1.165) is 69.6 Å². The van der Waals surface area contributed by atoms with E-state index in [1.165, 1.54) is 0 Å². The van der Waals surface area contributed by atoms with Gasteiger partial charge in [0.2, 0.25) is 0 Å². The molecule has 8 aromatic rings. The lowest BCUT2D eigenvalue weighted by Crippen LogP contribution is -2.24. The zero-order valence-electron chi connectivity index (χ0n) is 27.2.